The van der Waals surface area contributed by atoms with Crippen LogP contribution in [0.15, 0.2) is 0 Å². The number of hydrogen-bond acceptors (Lipinski definition) is 6. The van der Waals surface area contributed by atoms with Gasteiger partial charge in [-0.1, -0.05) is 234 Å². The number of unbranched alkanes of at least 4 members (excludes halogenated alkanes) is 25. The summed E-state index contributed by atoms with van der Waals surface area (Å²) >= 11 is 0. The van der Waals surface area contributed by atoms with Crippen molar-refractivity contribution in [1.82, 2.24) is 0 Å². The Labute approximate surface area is 355 Å². The van der Waals surface area contributed by atoms with Gasteiger partial charge in [-0.3, -0.25) is 14.4 Å². The highest BCUT2D eigenvalue weighted by Gasteiger charge is 2.19. The molecule has 0 rings (SSSR count). The molecule has 0 heterocycles. The van der Waals surface area contributed by atoms with E-state index in [0.29, 0.717) is 19.3 Å². The molecule has 0 bridgehead atoms. The highest BCUT2D eigenvalue weighted by molar-refractivity contribution is 5.71. The average Bonchev–Trinajstić information content (AvgIpc) is 3.19. The van der Waals surface area contributed by atoms with Crippen molar-refractivity contribution in [3.05, 3.63) is 0 Å². The average molecular weight is 807 g/mol. The Morgan fingerprint density at radius 1 is 0.351 bits per heavy atom. The lowest BCUT2D eigenvalue weighted by atomic mass is 9.99. The molecule has 0 N–H and O–H groups in total. The van der Waals surface area contributed by atoms with Gasteiger partial charge in [0, 0.05) is 19.3 Å². The molecule has 57 heavy (non-hydrogen) atoms. The van der Waals surface area contributed by atoms with Crippen LogP contribution in [0, 0.1) is 17.8 Å². The summed E-state index contributed by atoms with van der Waals surface area (Å²) in [6.07, 6.45) is 40.8. The van der Waals surface area contributed by atoms with E-state index in [1.807, 2.05) is 0 Å². The van der Waals surface area contributed by atoms with Crippen LogP contribution >= 0.6 is 0 Å². The molecule has 0 aliphatic heterocycles. The Morgan fingerprint density at radius 2 is 0.614 bits per heavy atom. The third kappa shape index (κ3) is 42.3. The van der Waals surface area contributed by atoms with Gasteiger partial charge in [0.2, 0.25) is 0 Å². The van der Waals surface area contributed by atoms with E-state index in [-0.39, 0.29) is 31.1 Å². The third-order valence-electron chi connectivity index (χ3n) is 12.1. The van der Waals surface area contributed by atoms with Crippen LogP contribution in [0.4, 0.5) is 0 Å². The van der Waals surface area contributed by atoms with Crippen LogP contribution in [0.5, 0.6) is 0 Å². The fourth-order valence-electron chi connectivity index (χ4n) is 7.52. The van der Waals surface area contributed by atoms with Crippen molar-refractivity contribution in [2.24, 2.45) is 17.8 Å². The lowest BCUT2D eigenvalue weighted by molar-refractivity contribution is -0.167. The fraction of sp³-hybridized carbons (Fsp3) is 0.941. The van der Waals surface area contributed by atoms with Crippen molar-refractivity contribution in [2.75, 3.05) is 13.2 Å². The molecule has 6 heteroatoms. The van der Waals surface area contributed by atoms with Crippen molar-refractivity contribution in [3.63, 3.8) is 0 Å². The minimum Gasteiger partial charge on any atom is -0.462 e. The fourth-order valence-corrected chi connectivity index (χ4v) is 7.52. The molecule has 0 fully saturated rings. The molecule has 6 nitrogen and oxygen atoms in total. The van der Waals surface area contributed by atoms with Gasteiger partial charge in [0.25, 0.3) is 0 Å². The van der Waals surface area contributed by atoms with Gasteiger partial charge in [-0.2, -0.15) is 0 Å². The molecule has 0 amide bonds. The van der Waals surface area contributed by atoms with Crippen molar-refractivity contribution in [1.29, 1.82) is 0 Å². The summed E-state index contributed by atoms with van der Waals surface area (Å²) in [6.45, 7) is 13.7. The maximum Gasteiger partial charge on any atom is 0.306 e. The SMILES string of the molecule is CCC(C)CCCCCCCCCCCCC(=O)OC[C@@H](COC(=O)CCCCCCCCCCC(C)C)OC(=O)CCCCCCCCCCCCC(C)CC. The molecule has 0 aromatic carbocycles. The van der Waals surface area contributed by atoms with E-state index in [0.717, 1.165) is 75.5 Å². The van der Waals surface area contributed by atoms with Crippen LogP contribution in [0.1, 0.15) is 273 Å². The van der Waals surface area contributed by atoms with Crippen molar-refractivity contribution in [3.8, 4) is 0 Å². The van der Waals surface area contributed by atoms with Gasteiger partial charge in [0.15, 0.2) is 6.10 Å². The van der Waals surface area contributed by atoms with Crippen molar-refractivity contribution in [2.45, 2.75) is 279 Å². The Kier molecular flexibility index (Phi) is 41.3. The molecule has 338 valence electrons. The molecule has 0 aliphatic carbocycles. The van der Waals surface area contributed by atoms with Crippen molar-refractivity contribution >= 4 is 17.9 Å². The molecule has 0 aromatic rings. The Balaban J connectivity index is 4.34. The first-order valence-electron chi connectivity index (χ1n) is 25.2. The van der Waals surface area contributed by atoms with E-state index in [1.165, 1.54) is 154 Å². The molecule has 0 spiro atoms. The smallest absolute Gasteiger partial charge is 0.306 e. The Morgan fingerprint density at radius 3 is 0.912 bits per heavy atom. The minimum atomic E-state index is -0.763. The van der Waals surface area contributed by atoms with E-state index in [1.54, 1.807) is 0 Å². The summed E-state index contributed by atoms with van der Waals surface area (Å²) in [4.78, 5) is 37.9. The van der Waals surface area contributed by atoms with Gasteiger partial charge in [-0.25, -0.2) is 0 Å². The van der Waals surface area contributed by atoms with Gasteiger partial charge < -0.3 is 14.2 Å². The van der Waals surface area contributed by atoms with Crippen LogP contribution in [-0.2, 0) is 28.6 Å². The second-order valence-electron chi connectivity index (χ2n) is 18.4. The van der Waals surface area contributed by atoms with Gasteiger partial charge in [0.1, 0.15) is 13.2 Å². The highest BCUT2D eigenvalue weighted by Crippen LogP contribution is 2.18. The first-order valence-corrected chi connectivity index (χ1v) is 25.2. The highest BCUT2D eigenvalue weighted by atomic mass is 16.6. The lowest BCUT2D eigenvalue weighted by Crippen LogP contribution is -2.30. The summed E-state index contributed by atoms with van der Waals surface area (Å²) in [5, 5.41) is 0. The first kappa shape index (κ1) is 55.4. The van der Waals surface area contributed by atoms with E-state index in [2.05, 4.69) is 41.5 Å². The summed E-state index contributed by atoms with van der Waals surface area (Å²) < 4.78 is 16.8. The Hall–Kier alpha value is -1.59. The number of carbonyl (C=O) groups is 3. The molecule has 0 radical (unpaired) electrons. The topological polar surface area (TPSA) is 78.9 Å². The van der Waals surface area contributed by atoms with Crippen LogP contribution in [-0.4, -0.2) is 37.2 Å². The van der Waals surface area contributed by atoms with Crippen LogP contribution in [0.3, 0.4) is 0 Å². The lowest BCUT2D eigenvalue weighted by Gasteiger charge is -2.18. The van der Waals surface area contributed by atoms with Gasteiger partial charge >= 0.3 is 17.9 Å². The molecular weight excluding hydrogens is 709 g/mol. The molecule has 0 aliphatic rings. The van der Waals surface area contributed by atoms with Crippen molar-refractivity contribution < 1.29 is 28.6 Å². The largest absolute Gasteiger partial charge is 0.462 e. The predicted molar refractivity (Wildman–Crippen MR) is 243 cm³/mol. The van der Waals surface area contributed by atoms with E-state index in [9.17, 15) is 14.4 Å². The molecule has 0 saturated heterocycles. The Bertz CT molecular complexity index is 887. The number of hydrogen-bond donors (Lipinski definition) is 0. The maximum atomic E-state index is 12.8. The second kappa shape index (κ2) is 42.5. The normalized spacial score (nSPS) is 13.1. The van der Waals surface area contributed by atoms with Gasteiger partial charge in [-0.05, 0) is 37.0 Å². The predicted octanol–water partition coefficient (Wildman–Crippen LogP) is 16.0. The van der Waals surface area contributed by atoms with E-state index >= 15 is 0 Å². The molecule has 0 aromatic heterocycles. The summed E-state index contributed by atoms with van der Waals surface area (Å²) in [7, 11) is 0. The second-order valence-corrected chi connectivity index (χ2v) is 18.4. The van der Waals surface area contributed by atoms with Gasteiger partial charge in [0.05, 0.1) is 0 Å². The van der Waals surface area contributed by atoms with Crippen LogP contribution in [0.25, 0.3) is 0 Å². The number of carbonyl (C=O) groups excluding carboxylic acids is 3. The summed E-state index contributed by atoms with van der Waals surface area (Å²) in [6, 6.07) is 0. The zero-order valence-electron chi connectivity index (χ0n) is 39.1. The quantitative estimate of drug-likeness (QED) is 0.0347. The zero-order valence-corrected chi connectivity index (χ0v) is 39.1. The molecule has 3 atom stereocenters. The van der Waals surface area contributed by atoms with E-state index < -0.39 is 6.10 Å². The molecule has 2 unspecified atom stereocenters. The number of ether oxygens (including phenoxy) is 3. The maximum absolute atomic E-state index is 12.8. The molecule has 0 saturated carbocycles. The zero-order chi connectivity index (χ0) is 42.0. The summed E-state index contributed by atoms with van der Waals surface area (Å²) in [5.41, 5.74) is 0. The minimum absolute atomic E-state index is 0.0655. The van der Waals surface area contributed by atoms with Crippen LogP contribution < -0.4 is 0 Å². The summed E-state index contributed by atoms with van der Waals surface area (Å²) in [5.74, 6) is 1.68. The van der Waals surface area contributed by atoms with E-state index in [4.69, 9.17) is 14.2 Å². The number of rotatable bonds is 44. The van der Waals surface area contributed by atoms with Gasteiger partial charge in [-0.15, -0.1) is 0 Å². The molecular formula is C51H98O6. The monoisotopic (exact) mass is 807 g/mol. The first-order chi connectivity index (χ1) is 27.7. The third-order valence-corrected chi connectivity index (χ3v) is 12.1. The number of esters is 3. The van der Waals surface area contributed by atoms with Crippen LogP contribution in [0.2, 0.25) is 0 Å². The standard InChI is InChI=1S/C51H98O6/c1-7-46(5)38-32-26-20-13-9-11-15-22-28-34-40-49(52)55-43-48(44-56-50(53)41-35-29-23-18-17-19-25-31-37-45(3)4)57-51(54)42-36-30-24-16-12-10-14-21-27-33-39-47(6)8-2/h45-48H,7-44H2,1-6H3/t46?,47?,48-/m0/s1.